The minimum atomic E-state index is 0.304. The maximum Gasteiger partial charge on any atom is 0.135 e. The van der Waals surface area contributed by atoms with Gasteiger partial charge in [-0.1, -0.05) is 0 Å². The molecule has 1 fully saturated rings. The molecule has 0 amide bonds. The van der Waals surface area contributed by atoms with Gasteiger partial charge in [-0.05, 0) is 53.6 Å². The van der Waals surface area contributed by atoms with Crippen LogP contribution < -0.4 is 5.32 Å². The Hall–Kier alpha value is -1.07. The minimum absolute atomic E-state index is 0.304. The van der Waals surface area contributed by atoms with E-state index in [-0.39, 0.29) is 0 Å². The van der Waals surface area contributed by atoms with E-state index < -0.39 is 0 Å². The van der Waals surface area contributed by atoms with Crippen LogP contribution in [0.4, 0.5) is 0 Å². The number of hydrogen-bond acceptors (Lipinski definition) is 4. The van der Waals surface area contributed by atoms with Crippen molar-refractivity contribution < 1.29 is 9.84 Å². The summed E-state index contributed by atoms with van der Waals surface area (Å²) in [6.45, 7) is 0.304. The summed E-state index contributed by atoms with van der Waals surface area (Å²) < 4.78 is 6.03. The molecule has 3 N–H and O–H groups in total. The fourth-order valence-corrected chi connectivity index (χ4v) is 3.09. The normalized spacial score (nSPS) is 28.9. The maximum atomic E-state index is 9.13. The SMILES string of the molecule is COC1=CC(=N)/C(=C\NC2CCC(CO)CC2)C=C1Br. The number of halogens is 1. The zero-order valence-corrected chi connectivity index (χ0v) is 13.2. The van der Waals surface area contributed by atoms with Crippen molar-refractivity contribution in [1.82, 2.24) is 5.32 Å². The minimum Gasteiger partial charge on any atom is -0.495 e. The molecule has 0 aromatic carbocycles. The van der Waals surface area contributed by atoms with Crippen LogP contribution in [-0.4, -0.2) is 30.6 Å². The zero-order chi connectivity index (χ0) is 14.5. The van der Waals surface area contributed by atoms with E-state index in [1.807, 2.05) is 12.3 Å². The van der Waals surface area contributed by atoms with Gasteiger partial charge < -0.3 is 20.6 Å². The molecule has 2 aliphatic rings. The second-order valence-corrected chi connectivity index (χ2v) is 6.14. The summed E-state index contributed by atoms with van der Waals surface area (Å²) in [5, 5.41) is 20.5. The first kappa shape index (κ1) is 15.3. The van der Waals surface area contributed by atoms with Crippen LogP contribution in [0.15, 0.2) is 34.2 Å². The third kappa shape index (κ3) is 3.73. The van der Waals surface area contributed by atoms with Gasteiger partial charge in [0.2, 0.25) is 0 Å². The number of nitrogens with one attached hydrogen (secondary N) is 2. The van der Waals surface area contributed by atoms with Crippen molar-refractivity contribution >= 4 is 21.6 Å². The molecule has 2 aliphatic carbocycles. The molecule has 0 aromatic rings. The Bertz CT molecular complexity index is 460. The number of ether oxygens (including phenoxy) is 1. The molecule has 4 nitrogen and oxygen atoms in total. The highest BCUT2D eigenvalue weighted by atomic mass is 79.9. The predicted octanol–water partition coefficient (Wildman–Crippen LogP) is 2.85. The molecule has 0 aromatic heterocycles. The van der Waals surface area contributed by atoms with E-state index in [0.717, 1.165) is 35.7 Å². The topological polar surface area (TPSA) is 65.3 Å². The molecule has 0 unspecified atom stereocenters. The van der Waals surface area contributed by atoms with E-state index >= 15 is 0 Å². The second-order valence-electron chi connectivity index (χ2n) is 5.29. The summed E-state index contributed by atoms with van der Waals surface area (Å²) in [6.07, 6.45) is 9.81. The number of aliphatic hydroxyl groups is 1. The van der Waals surface area contributed by atoms with E-state index in [4.69, 9.17) is 15.3 Å². The van der Waals surface area contributed by atoms with Crippen LogP contribution in [0.2, 0.25) is 0 Å². The third-order valence-electron chi connectivity index (χ3n) is 3.90. The van der Waals surface area contributed by atoms with Crippen LogP contribution in [0.25, 0.3) is 0 Å². The van der Waals surface area contributed by atoms with Gasteiger partial charge in [-0.3, -0.25) is 0 Å². The Morgan fingerprint density at radius 1 is 1.40 bits per heavy atom. The summed E-state index contributed by atoms with van der Waals surface area (Å²) in [5.74, 6) is 1.14. The molecule has 0 heterocycles. The van der Waals surface area contributed by atoms with E-state index in [9.17, 15) is 0 Å². The van der Waals surface area contributed by atoms with Gasteiger partial charge >= 0.3 is 0 Å². The quantitative estimate of drug-likeness (QED) is 0.737. The van der Waals surface area contributed by atoms with Crippen LogP contribution in [0.1, 0.15) is 25.7 Å². The summed E-state index contributed by atoms with van der Waals surface area (Å²) in [6, 6.07) is 0.443. The van der Waals surface area contributed by atoms with Crippen molar-refractivity contribution in [2.75, 3.05) is 13.7 Å². The van der Waals surface area contributed by atoms with E-state index in [1.54, 1.807) is 13.2 Å². The Morgan fingerprint density at radius 2 is 2.10 bits per heavy atom. The Kier molecular flexibility index (Phi) is 5.43. The molecule has 0 atom stereocenters. The fourth-order valence-electron chi connectivity index (χ4n) is 2.56. The Labute approximate surface area is 128 Å². The summed E-state index contributed by atoms with van der Waals surface area (Å²) in [5.41, 5.74) is 1.29. The van der Waals surface area contributed by atoms with Crippen molar-refractivity contribution in [1.29, 1.82) is 5.41 Å². The lowest BCUT2D eigenvalue weighted by molar-refractivity contribution is 0.178. The van der Waals surface area contributed by atoms with Gasteiger partial charge in [-0.25, -0.2) is 0 Å². The van der Waals surface area contributed by atoms with Crippen LogP contribution in [0, 0.1) is 11.3 Å². The smallest absolute Gasteiger partial charge is 0.135 e. The largest absolute Gasteiger partial charge is 0.495 e. The molecule has 5 heteroatoms. The van der Waals surface area contributed by atoms with Crippen LogP contribution >= 0.6 is 15.9 Å². The molecule has 2 rings (SSSR count). The summed E-state index contributed by atoms with van der Waals surface area (Å²) >= 11 is 3.44. The van der Waals surface area contributed by atoms with Gasteiger partial charge in [0, 0.05) is 30.5 Å². The predicted molar refractivity (Wildman–Crippen MR) is 83.9 cm³/mol. The van der Waals surface area contributed by atoms with Gasteiger partial charge in [0.25, 0.3) is 0 Å². The van der Waals surface area contributed by atoms with E-state index in [1.165, 1.54) is 0 Å². The van der Waals surface area contributed by atoms with Gasteiger partial charge in [0.05, 0.1) is 17.3 Å². The van der Waals surface area contributed by atoms with Crippen molar-refractivity contribution in [3.8, 4) is 0 Å². The van der Waals surface area contributed by atoms with Crippen LogP contribution in [0.3, 0.4) is 0 Å². The molecule has 0 radical (unpaired) electrons. The van der Waals surface area contributed by atoms with Crippen molar-refractivity contribution in [3.63, 3.8) is 0 Å². The lowest BCUT2D eigenvalue weighted by Crippen LogP contribution is -2.31. The molecule has 110 valence electrons. The lowest BCUT2D eigenvalue weighted by Gasteiger charge is -2.27. The Morgan fingerprint density at radius 3 is 2.70 bits per heavy atom. The monoisotopic (exact) mass is 340 g/mol. The molecule has 0 saturated heterocycles. The van der Waals surface area contributed by atoms with Gasteiger partial charge in [0.1, 0.15) is 5.76 Å². The number of allylic oxidation sites excluding steroid dienone is 4. The second kappa shape index (κ2) is 7.09. The first-order chi connectivity index (χ1) is 9.63. The van der Waals surface area contributed by atoms with E-state index in [0.29, 0.717) is 30.0 Å². The average Bonchev–Trinajstić information content (AvgIpc) is 2.48. The summed E-state index contributed by atoms with van der Waals surface area (Å²) in [4.78, 5) is 0. The van der Waals surface area contributed by atoms with Crippen molar-refractivity contribution in [3.05, 3.63) is 34.2 Å². The first-order valence-electron chi connectivity index (χ1n) is 6.93. The van der Waals surface area contributed by atoms with Gasteiger partial charge in [0.15, 0.2) is 0 Å². The molecule has 0 aliphatic heterocycles. The standard InChI is InChI=1S/C15H21BrN2O2/c1-20-15-7-14(17)11(6-13(15)16)8-18-12-4-2-10(9-19)3-5-12/h6-8,10,12,17-19H,2-5,9H2,1H3/b11-8-,17-14?. The van der Waals surface area contributed by atoms with Crippen LogP contribution in [-0.2, 0) is 4.74 Å². The number of aliphatic hydroxyl groups excluding tert-OH is 1. The number of hydrogen-bond donors (Lipinski definition) is 3. The number of rotatable bonds is 4. The van der Waals surface area contributed by atoms with Gasteiger partial charge in [-0.15, -0.1) is 0 Å². The average molecular weight is 341 g/mol. The highest BCUT2D eigenvalue weighted by Crippen LogP contribution is 2.26. The fraction of sp³-hybridized carbons (Fsp3) is 0.533. The van der Waals surface area contributed by atoms with Crippen molar-refractivity contribution in [2.45, 2.75) is 31.7 Å². The highest BCUT2D eigenvalue weighted by molar-refractivity contribution is 9.12. The van der Waals surface area contributed by atoms with E-state index in [2.05, 4.69) is 21.2 Å². The molecule has 0 bridgehead atoms. The molecule has 1 saturated carbocycles. The molecular weight excluding hydrogens is 320 g/mol. The molecule has 20 heavy (non-hydrogen) atoms. The lowest BCUT2D eigenvalue weighted by atomic mass is 9.86. The van der Waals surface area contributed by atoms with Crippen molar-refractivity contribution in [2.24, 2.45) is 5.92 Å². The summed E-state index contributed by atoms with van der Waals surface area (Å²) in [7, 11) is 1.60. The molecule has 0 spiro atoms. The maximum absolute atomic E-state index is 9.13. The Balaban J connectivity index is 1.93. The number of methoxy groups -OCH3 is 1. The third-order valence-corrected chi connectivity index (χ3v) is 4.52. The van der Waals surface area contributed by atoms with Crippen LogP contribution in [0.5, 0.6) is 0 Å². The zero-order valence-electron chi connectivity index (χ0n) is 11.7. The van der Waals surface area contributed by atoms with Gasteiger partial charge in [-0.2, -0.15) is 0 Å². The first-order valence-corrected chi connectivity index (χ1v) is 7.72. The molecular formula is C15H21BrN2O2. The highest BCUT2D eigenvalue weighted by Gasteiger charge is 2.20.